The lowest BCUT2D eigenvalue weighted by atomic mass is 9.90. The summed E-state index contributed by atoms with van der Waals surface area (Å²) in [5.41, 5.74) is 5.30. The van der Waals surface area contributed by atoms with E-state index in [9.17, 15) is 4.79 Å². The SMILES string of the molecule is Cl.NC1(C(=O)NCCOCC2CC2)CCOCC1. The average molecular weight is 279 g/mol. The van der Waals surface area contributed by atoms with E-state index >= 15 is 0 Å². The Balaban J connectivity index is 0.00000162. The summed E-state index contributed by atoms with van der Waals surface area (Å²) < 4.78 is 10.7. The first-order chi connectivity index (χ1) is 8.21. The van der Waals surface area contributed by atoms with Crippen molar-refractivity contribution >= 4 is 18.3 Å². The van der Waals surface area contributed by atoms with Crippen LogP contribution in [0.4, 0.5) is 0 Å². The molecule has 1 aliphatic carbocycles. The van der Waals surface area contributed by atoms with Gasteiger partial charge < -0.3 is 20.5 Å². The first-order valence-electron chi connectivity index (χ1n) is 6.43. The third kappa shape index (κ3) is 4.72. The number of nitrogens with two attached hydrogens (primary N) is 1. The van der Waals surface area contributed by atoms with Crippen LogP contribution in [0.15, 0.2) is 0 Å². The molecular weight excluding hydrogens is 256 g/mol. The predicted molar refractivity (Wildman–Crippen MR) is 70.8 cm³/mol. The standard InChI is InChI=1S/C12H22N2O3.ClH/c13-12(3-6-16-7-4-12)11(15)14-5-8-17-9-10-1-2-10;/h10H,1-9,13H2,(H,14,15);1H. The summed E-state index contributed by atoms with van der Waals surface area (Å²) >= 11 is 0. The fourth-order valence-electron chi connectivity index (χ4n) is 1.91. The Morgan fingerprint density at radius 3 is 2.67 bits per heavy atom. The maximum absolute atomic E-state index is 11.9. The lowest BCUT2D eigenvalue weighted by molar-refractivity contribution is -0.130. The molecule has 5 nitrogen and oxygen atoms in total. The summed E-state index contributed by atoms with van der Waals surface area (Å²) in [6.45, 7) is 3.10. The molecule has 1 heterocycles. The maximum atomic E-state index is 11.9. The Kier molecular flexibility index (Phi) is 6.35. The van der Waals surface area contributed by atoms with Gasteiger partial charge in [0.15, 0.2) is 0 Å². The number of carbonyl (C=O) groups is 1. The normalized spacial score (nSPS) is 22.1. The lowest BCUT2D eigenvalue weighted by Gasteiger charge is -2.31. The molecule has 0 radical (unpaired) electrons. The summed E-state index contributed by atoms with van der Waals surface area (Å²) in [6.07, 6.45) is 3.78. The minimum Gasteiger partial charge on any atom is -0.381 e. The highest BCUT2D eigenvalue weighted by Gasteiger charge is 2.35. The molecule has 6 heteroatoms. The van der Waals surface area contributed by atoms with Gasteiger partial charge in [-0.15, -0.1) is 12.4 Å². The summed E-state index contributed by atoms with van der Waals surface area (Å²) in [5.74, 6) is 0.692. The van der Waals surface area contributed by atoms with E-state index in [1.54, 1.807) is 0 Å². The molecule has 1 saturated carbocycles. The lowest BCUT2D eigenvalue weighted by Crippen LogP contribution is -2.57. The van der Waals surface area contributed by atoms with E-state index in [4.69, 9.17) is 15.2 Å². The van der Waals surface area contributed by atoms with Crippen LogP contribution < -0.4 is 11.1 Å². The van der Waals surface area contributed by atoms with Crippen molar-refractivity contribution in [3.63, 3.8) is 0 Å². The topological polar surface area (TPSA) is 73.6 Å². The molecule has 2 rings (SSSR count). The van der Waals surface area contributed by atoms with Gasteiger partial charge in [0, 0.05) is 26.4 Å². The molecule has 1 saturated heterocycles. The van der Waals surface area contributed by atoms with Crippen molar-refractivity contribution < 1.29 is 14.3 Å². The summed E-state index contributed by atoms with van der Waals surface area (Å²) in [5, 5.41) is 2.84. The second kappa shape index (κ2) is 7.28. The molecule has 0 bridgehead atoms. The summed E-state index contributed by atoms with van der Waals surface area (Å²) in [6, 6.07) is 0. The Morgan fingerprint density at radius 1 is 1.39 bits per heavy atom. The monoisotopic (exact) mass is 278 g/mol. The van der Waals surface area contributed by atoms with Gasteiger partial charge in [-0.2, -0.15) is 0 Å². The third-order valence-corrected chi connectivity index (χ3v) is 3.42. The van der Waals surface area contributed by atoms with Crippen LogP contribution in [-0.4, -0.2) is 44.4 Å². The van der Waals surface area contributed by atoms with Crippen molar-refractivity contribution in [1.29, 1.82) is 0 Å². The Bertz CT molecular complexity index is 266. The van der Waals surface area contributed by atoms with Gasteiger partial charge in [0.2, 0.25) is 5.91 Å². The Labute approximate surface area is 114 Å². The van der Waals surface area contributed by atoms with Gasteiger partial charge in [0.25, 0.3) is 0 Å². The maximum Gasteiger partial charge on any atom is 0.240 e. The molecule has 2 aliphatic rings. The summed E-state index contributed by atoms with van der Waals surface area (Å²) in [4.78, 5) is 11.9. The molecule has 0 unspecified atom stereocenters. The van der Waals surface area contributed by atoms with Crippen LogP contribution in [0, 0.1) is 5.92 Å². The second-order valence-electron chi connectivity index (χ2n) is 5.04. The first kappa shape index (κ1) is 15.7. The van der Waals surface area contributed by atoms with E-state index in [0.717, 1.165) is 12.5 Å². The predicted octanol–water partition coefficient (Wildman–Crippen LogP) is 0.459. The number of halogens is 1. The molecule has 0 aromatic rings. The van der Waals surface area contributed by atoms with Gasteiger partial charge in [0.1, 0.15) is 0 Å². The van der Waals surface area contributed by atoms with Crippen LogP contribution in [0.1, 0.15) is 25.7 Å². The molecule has 0 aromatic carbocycles. The number of hydrogen-bond acceptors (Lipinski definition) is 4. The van der Waals surface area contributed by atoms with Gasteiger partial charge in [-0.25, -0.2) is 0 Å². The van der Waals surface area contributed by atoms with Crippen molar-refractivity contribution in [2.75, 3.05) is 33.0 Å². The van der Waals surface area contributed by atoms with E-state index in [-0.39, 0.29) is 18.3 Å². The van der Waals surface area contributed by atoms with Crippen LogP contribution in [0.25, 0.3) is 0 Å². The van der Waals surface area contributed by atoms with Crippen molar-refractivity contribution in [2.24, 2.45) is 11.7 Å². The average Bonchev–Trinajstić information content (AvgIpc) is 3.13. The Morgan fingerprint density at radius 2 is 2.06 bits per heavy atom. The molecule has 1 amide bonds. The zero-order valence-electron chi connectivity index (χ0n) is 10.7. The number of ether oxygens (including phenoxy) is 2. The number of hydrogen-bond donors (Lipinski definition) is 2. The molecule has 0 aromatic heterocycles. The smallest absolute Gasteiger partial charge is 0.240 e. The molecular formula is C12H23ClN2O3. The number of rotatable bonds is 6. The van der Waals surface area contributed by atoms with Crippen LogP contribution in [-0.2, 0) is 14.3 Å². The van der Waals surface area contributed by atoms with Crippen LogP contribution >= 0.6 is 12.4 Å². The van der Waals surface area contributed by atoms with Gasteiger partial charge in [0.05, 0.1) is 12.1 Å². The minimum atomic E-state index is -0.741. The fraction of sp³-hybridized carbons (Fsp3) is 0.917. The Hall–Kier alpha value is -0.360. The number of nitrogens with one attached hydrogen (secondary N) is 1. The van der Waals surface area contributed by atoms with Gasteiger partial charge >= 0.3 is 0 Å². The molecule has 106 valence electrons. The third-order valence-electron chi connectivity index (χ3n) is 3.42. The molecule has 2 fully saturated rings. The quantitative estimate of drug-likeness (QED) is 0.692. The molecule has 0 spiro atoms. The largest absolute Gasteiger partial charge is 0.381 e. The van der Waals surface area contributed by atoms with Crippen molar-refractivity contribution in [3.05, 3.63) is 0 Å². The van der Waals surface area contributed by atoms with Crippen LogP contribution in [0.3, 0.4) is 0 Å². The van der Waals surface area contributed by atoms with Gasteiger partial charge in [-0.3, -0.25) is 4.79 Å². The van der Waals surface area contributed by atoms with E-state index in [2.05, 4.69) is 5.32 Å². The van der Waals surface area contributed by atoms with E-state index in [1.165, 1.54) is 12.8 Å². The van der Waals surface area contributed by atoms with Crippen molar-refractivity contribution in [2.45, 2.75) is 31.2 Å². The van der Waals surface area contributed by atoms with E-state index in [0.29, 0.717) is 39.2 Å². The van der Waals surface area contributed by atoms with Gasteiger partial charge in [-0.1, -0.05) is 0 Å². The molecule has 3 N–H and O–H groups in total. The fourth-order valence-corrected chi connectivity index (χ4v) is 1.91. The highest BCUT2D eigenvalue weighted by atomic mass is 35.5. The molecule has 18 heavy (non-hydrogen) atoms. The van der Waals surface area contributed by atoms with Gasteiger partial charge in [-0.05, 0) is 31.6 Å². The molecule has 0 atom stereocenters. The van der Waals surface area contributed by atoms with E-state index in [1.807, 2.05) is 0 Å². The summed E-state index contributed by atoms with van der Waals surface area (Å²) in [7, 11) is 0. The van der Waals surface area contributed by atoms with Crippen LogP contribution in [0.2, 0.25) is 0 Å². The zero-order valence-corrected chi connectivity index (χ0v) is 11.5. The second-order valence-corrected chi connectivity index (χ2v) is 5.04. The number of amides is 1. The highest BCUT2D eigenvalue weighted by molar-refractivity contribution is 5.86. The van der Waals surface area contributed by atoms with Crippen molar-refractivity contribution in [3.8, 4) is 0 Å². The van der Waals surface area contributed by atoms with Crippen molar-refractivity contribution in [1.82, 2.24) is 5.32 Å². The number of carbonyl (C=O) groups excluding carboxylic acids is 1. The van der Waals surface area contributed by atoms with Crippen LogP contribution in [0.5, 0.6) is 0 Å². The molecule has 1 aliphatic heterocycles. The highest BCUT2D eigenvalue weighted by Crippen LogP contribution is 2.28. The first-order valence-corrected chi connectivity index (χ1v) is 6.43. The minimum absolute atomic E-state index is 0. The van der Waals surface area contributed by atoms with E-state index < -0.39 is 5.54 Å². The zero-order chi connectivity index (χ0) is 12.1.